The summed E-state index contributed by atoms with van der Waals surface area (Å²) in [6.45, 7) is 0. The Morgan fingerprint density at radius 3 is 2.90 bits per heavy atom. The first-order chi connectivity index (χ1) is 4.70. The lowest BCUT2D eigenvalue weighted by atomic mass is 10.4. The van der Waals surface area contributed by atoms with Crippen LogP contribution in [0.3, 0.4) is 0 Å². The number of carbonyl (C=O) groups is 1. The molecule has 54 valence electrons. The van der Waals surface area contributed by atoms with Crippen molar-refractivity contribution in [1.29, 1.82) is 0 Å². The van der Waals surface area contributed by atoms with E-state index in [0.717, 1.165) is 0 Å². The molecule has 0 aromatic heterocycles. The van der Waals surface area contributed by atoms with Crippen LogP contribution in [0.1, 0.15) is 6.42 Å². The van der Waals surface area contributed by atoms with Crippen LogP contribution in [0.5, 0.6) is 0 Å². The van der Waals surface area contributed by atoms with Gasteiger partial charge in [-0.05, 0) is 0 Å². The van der Waals surface area contributed by atoms with Crippen LogP contribution < -0.4 is 0 Å². The van der Waals surface area contributed by atoms with Gasteiger partial charge in [0.25, 0.3) is 0 Å². The summed E-state index contributed by atoms with van der Waals surface area (Å²) in [4.78, 5) is 14.0. The standard InChI is InChI=1S/C5H5NO3S/c7-5(8)1-4-2-6-3-10(4)9/h2-3H,1H2,(H,7,8). The van der Waals surface area contributed by atoms with Gasteiger partial charge in [-0.1, -0.05) is 0 Å². The zero-order valence-corrected chi connectivity index (χ0v) is 5.80. The van der Waals surface area contributed by atoms with Crippen LogP contribution in [0.25, 0.3) is 0 Å². The third kappa shape index (κ3) is 1.51. The van der Waals surface area contributed by atoms with Gasteiger partial charge in [0.2, 0.25) is 0 Å². The van der Waals surface area contributed by atoms with Gasteiger partial charge >= 0.3 is 5.97 Å². The van der Waals surface area contributed by atoms with Gasteiger partial charge in [-0.3, -0.25) is 9.79 Å². The largest absolute Gasteiger partial charge is 0.481 e. The molecule has 0 saturated heterocycles. The van der Waals surface area contributed by atoms with Crippen molar-refractivity contribution < 1.29 is 14.1 Å². The summed E-state index contributed by atoms with van der Waals surface area (Å²) in [5.74, 6) is -0.981. The fourth-order valence-corrected chi connectivity index (χ4v) is 1.29. The number of hydrogen-bond donors (Lipinski definition) is 1. The molecule has 0 aliphatic carbocycles. The van der Waals surface area contributed by atoms with Gasteiger partial charge in [0.1, 0.15) is 0 Å². The summed E-state index contributed by atoms with van der Waals surface area (Å²) in [7, 11) is -1.29. The van der Waals surface area contributed by atoms with Gasteiger partial charge in [-0.2, -0.15) is 0 Å². The Labute approximate surface area is 59.7 Å². The monoisotopic (exact) mass is 159 g/mol. The van der Waals surface area contributed by atoms with Crippen LogP contribution in [-0.2, 0) is 15.6 Å². The summed E-state index contributed by atoms with van der Waals surface area (Å²) in [5.41, 5.74) is 1.22. The van der Waals surface area contributed by atoms with E-state index in [1.807, 2.05) is 0 Å². The molecule has 0 saturated carbocycles. The quantitative estimate of drug-likeness (QED) is 0.621. The lowest BCUT2D eigenvalue weighted by Crippen LogP contribution is -2.00. The molecule has 5 heteroatoms. The minimum absolute atomic E-state index is 0.188. The van der Waals surface area contributed by atoms with E-state index < -0.39 is 16.8 Å². The second kappa shape index (κ2) is 2.74. The summed E-state index contributed by atoms with van der Waals surface area (Å²) in [6, 6.07) is 0. The maximum Gasteiger partial charge on any atom is 0.308 e. The van der Waals surface area contributed by atoms with Crippen molar-refractivity contribution in [2.24, 2.45) is 4.99 Å². The van der Waals surface area contributed by atoms with E-state index in [4.69, 9.17) is 5.11 Å². The SMILES string of the molecule is O=C(O)CC1=CN=CS1=O. The van der Waals surface area contributed by atoms with Crippen molar-refractivity contribution in [3.63, 3.8) is 0 Å². The molecule has 0 aromatic carbocycles. The zero-order chi connectivity index (χ0) is 7.56. The lowest BCUT2D eigenvalue weighted by Gasteiger charge is -1.91. The third-order valence-electron chi connectivity index (χ3n) is 0.959. The summed E-state index contributed by atoms with van der Waals surface area (Å²) in [6.07, 6.45) is 1.14. The van der Waals surface area contributed by atoms with E-state index in [0.29, 0.717) is 4.91 Å². The molecule has 1 rings (SSSR count). The van der Waals surface area contributed by atoms with E-state index >= 15 is 0 Å². The number of carboxylic acids is 1. The van der Waals surface area contributed by atoms with E-state index in [9.17, 15) is 9.00 Å². The first-order valence-electron chi connectivity index (χ1n) is 2.55. The van der Waals surface area contributed by atoms with Crippen LogP contribution in [0, 0.1) is 0 Å². The van der Waals surface area contributed by atoms with Crippen molar-refractivity contribution in [2.45, 2.75) is 6.42 Å². The second-order valence-corrected chi connectivity index (χ2v) is 3.05. The number of rotatable bonds is 2. The van der Waals surface area contributed by atoms with Crippen LogP contribution in [0.15, 0.2) is 16.1 Å². The molecule has 1 atom stereocenters. The van der Waals surface area contributed by atoms with Crippen molar-refractivity contribution in [2.75, 3.05) is 0 Å². The highest BCUT2D eigenvalue weighted by atomic mass is 32.2. The molecule has 0 radical (unpaired) electrons. The molecule has 1 aliphatic heterocycles. The average Bonchev–Trinajstić information content (AvgIpc) is 2.15. The maximum absolute atomic E-state index is 10.7. The summed E-state index contributed by atoms with van der Waals surface area (Å²) < 4.78 is 10.7. The second-order valence-electron chi connectivity index (χ2n) is 1.72. The molecule has 10 heavy (non-hydrogen) atoms. The van der Waals surface area contributed by atoms with Crippen molar-refractivity contribution in [1.82, 2.24) is 0 Å². The predicted octanol–water partition coefficient (Wildman–Crippen LogP) is 0.0931. The van der Waals surface area contributed by atoms with E-state index in [1.165, 1.54) is 11.7 Å². The van der Waals surface area contributed by atoms with E-state index in [-0.39, 0.29) is 6.42 Å². The Morgan fingerprint density at radius 1 is 1.80 bits per heavy atom. The Kier molecular flexibility index (Phi) is 1.96. The molecule has 4 nitrogen and oxygen atoms in total. The van der Waals surface area contributed by atoms with Crippen LogP contribution in [0.2, 0.25) is 0 Å². The highest BCUT2D eigenvalue weighted by Crippen LogP contribution is 2.10. The van der Waals surface area contributed by atoms with Crippen molar-refractivity contribution in [3.8, 4) is 0 Å². The highest BCUT2D eigenvalue weighted by molar-refractivity contribution is 8.02. The molecule has 1 heterocycles. The number of carboxylic acid groups (broad SMARTS) is 1. The molecule has 1 unspecified atom stereocenters. The van der Waals surface area contributed by atoms with Crippen LogP contribution in [-0.4, -0.2) is 20.8 Å². The zero-order valence-electron chi connectivity index (χ0n) is 4.98. The number of aliphatic imine (C=N–C) groups is 1. The fraction of sp³-hybridized carbons (Fsp3) is 0.200. The molecule has 0 aromatic rings. The maximum atomic E-state index is 10.7. The minimum Gasteiger partial charge on any atom is -0.481 e. The first kappa shape index (κ1) is 7.14. The van der Waals surface area contributed by atoms with Gasteiger partial charge in [0, 0.05) is 6.20 Å². The molecule has 0 fully saturated rings. The van der Waals surface area contributed by atoms with Crippen molar-refractivity contribution in [3.05, 3.63) is 11.1 Å². The van der Waals surface area contributed by atoms with Crippen LogP contribution in [0.4, 0.5) is 0 Å². The number of nitrogens with zero attached hydrogens (tertiary/aromatic N) is 1. The first-order valence-corrected chi connectivity index (χ1v) is 3.76. The fourth-order valence-electron chi connectivity index (χ4n) is 0.554. The van der Waals surface area contributed by atoms with Gasteiger partial charge in [0.05, 0.1) is 27.7 Å². The smallest absolute Gasteiger partial charge is 0.308 e. The Hall–Kier alpha value is -0.970. The highest BCUT2D eigenvalue weighted by Gasteiger charge is 2.12. The molecule has 0 bridgehead atoms. The van der Waals surface area contributed by atoms with Gasteiger partial charge < -0.3 is 5.11 Å². The molecule has 0 spiro atoms. The minimum atomic E-state index is -1.29. The summed E-state index contributed by atoms with van der Waals surface area (Å²) >= 11 is 0. The molecular weight excluding hydrogens is 154 g/mol. The summed E-state index contributed by atoms with van der Waals surface area (Å²) in [5, 5.41) is 8.26. The average molecular weight is 159 g/mol. The van der Waals surface area contributed by atoms with E-state index in [1.54, 1.807) is 0 Å². The third-order valence-corrected chi connectivity index (χ3v) is 2.04. The number of hydrogen-bond acceptors (Lipinski definition) is 3. The predicted molar refractivity (Wildman–Crippen MR) is 37.0 cm³/mol. The lowest BCUT2D eigenvalue weighted by molar-refractivity contribution is -0.136. The molecular formula is C5H5NO3S. The Bertz CT molecular complexity index is 243. The Balaban J connectivity index is 2.61. The molecule has 0 amide bonds. The van der Waals surface area contributed by atoms with Gasteiger partial charge in [0.15, 0.2) is 0 Å². The van der Waals surface area contributed by atoms with E-state index in [2.05, 4.69) is 4.99 Å². The Morgan fingerprint density at radius 2 is 2.50 bits per heavy atom. The van der Waals surface area contributed by atoms with Gasteiger partial charge in [-0.25, -0.2) is 4.21 Å². The van der Waals surface area contributed by atoms with Gasteiger partial charge in [-0.15, -0.1) is 0 Å². The molecule has 1 aliphatic rings. The number of aliphatic carboxylic acids is 1. The topological polar surface area (TPSA) is 66.7 Å². The normalized spacial score (nSPS) is 22.8. The van der Waals surface area contributed by atoms with Crippen molar-refractivity contribution >= 4 is 22.3 Å². The molecule has 1 N–H and O–H groups in total. The van der Waals surface area contributed by atoms with Crippen LogP contribution >= 0.6 is 0 Å².